The summed E-state index contributed by atoms with van der Waals surface area (Å²) in [5.74, 6) is -0.723. The van der Waals surface area contributed by atoms with Gasteiger partial charge in [-0.25, -0.2) is 0 Å². The van der Waals surface area contributed by atoms with E-state index < -0.39 is 11.3 Å². The van der Waals surface area contributed by atoms with E-state index in [1.54, 1.807) is 12.1 Å². The third kappa shape index (κ3) is 4.56. The predicted molar refractivity (Wildman–Crippen MR) is 73.9 cm³/mol. The Labute approximate surface area is 118 Å². The van der Waals surface area contributed by atoms with Crippen LogP contribution < -0.4 is 0 Å². The number of amides is 1. The molecular weight excluding hydrogens is 266 g/mol. The standard InChI is InChI=1S/C14H18ClNO3/c1-3-9-16(10-12(17)19-2)14(18)13(15)11-7-5-4-6-8-11/h4-8,13H,3,9-10H2,1-2H3. The quantitative estimate of drug-likeness (QED) is 0.595. The molecule has 0 saturated carbocycles. The second-order valence-electron chi connectivity index (χ2n) is 4.11. The van der Waals surface area contributed by atoms with Gasteiger partial charge >= 0.3 is 5.97 Å². The van der Waals surface area contributed by atoms with Crippen LogP contribution in [-0.2, 0) is 14.3 Å². The number of benzene rings is 1. The number of rotatable bonds is 6. The maximum Gasteiger partial charge on any atom is 0.325 e. The summed E-state index contributed by atoms with van der Waals surface area (Å²) in [6.45, 7) is 2.34. The number of hydrogen-bond acceptors (Lipinski definition) is 3. The van der Waals surface area contributed by atoms with E-state index in [-0.39, 0.29) is 12.5 Å². The van der Waals surface area contributed by atoms with Gasteiger partial charge in [-0.1, -0.05) is 37.3 Å². The number of alkyl halides is 1. The van der Waals surface area contributed by atoms with Crippen molar-refractivity contribution in [2.45, 2.75) is 18.7 Å². The van der Waals surface area contributed by atoms with E-state index in [4.69, 9.17) is 11.6 Å². The summed E-state index contributed by atoms with van der Waals surface area (Å²) in [6, 6.07) is 9.08. The molecule has 0 N–H and O–H groups in total. The molecule has 0 fully saturated rings. The average molecular weight is 284 g/mol. The highest BCUT2D eigenvalue weighted by Crippen LogP contribution is 2.22. The predicted octanol–water partition coefficient (Wildman–Crippen LogP) is 2.38. The summed E-state index contributed by atoms with van der Waals surface area (Å²) < 4.78 is 4.59. The molecule has 0 spiro atoms. The number of nitrogens with zero attached hydrogens (tertiary/aromatic N) is 1. The molecule has 1 atom stereocenters. The molecule has 1 amide bonds. The number of carbonyl (C=O) groups excluding carboxylic acids is 2. The van der Waals surface area contributed by atoms with Crippen LogP contribution >= 0.6 is 11.6 Å². The van der Waals surface area contributed by atoms with Crippen LogP contribution in [0.5, 0.6) is 0 Å². The first kappa shape index (κ1) is 15.5. The Bertz CT molecular complexity index is 422. The van der Waals surface area contributed by atoms with Gasteiger partial charge in [0.15, 0.2) is 0 Å². The van der Waals surface area contributed by atoms with Gasteiger partial charge in [-0.15, -0.1) is 11.6 Å². The van der Waals surface area contributed by atoms with Crippen molar-refractivity contribution >= 4 is 23.5 Å². The van der Waals surface area contributed by atoms with Crippen LogP contribution in [0.3, 0.4) is 0 Å². The van der Waals surface area contributed by atoms with Crippen molar-refractivity contribution in [2.75, 3.05) is 20.2 Å². The largest absolute Gasteiger partial charge is 0.468 e. The third-order valence-corrected chi connectivity index (χ3v) is 3.10. The van der Waals surface area contributed by atoms with Crippen molar-refractivity contribution in [2.24, 2.45) is 0 Å². The highest BCUT2D eigenvalue weighted by atomic mass is 35.5. The number of methoxy groups -OCH3 is 1. The highest BCUT2D eigenvalue weighted by Gasteiger charge is 2.25. The van der Waals surface area contributed by atoms with Crippen molar-refractivity contribution in [3.8, 4) is 0 Å². The Morgan fingerprint density at radius 1 is 1.32 bits per heavy atom. The topological polar surface area (TPSA) is 46.6 Å². The lowest BCUT2D eigenvalue weighted by atomic mass is 10.1. The van der Waals surface area contributed by atoms with E-state index in [9.17, 15) is 9.59 Å². The van der Waals surface area contributed by atoms with E-state index in [0.29, 0.717) is 6.54 Å². The second-order valence-corrected chi connectivity index (χ2v) is 4.55. The van der Waals surface area contributed by atoms with Crippen molar-refractivity contribution < 1.29 is 14.3 Å². The maximum atomic E-state index is 12.3. The zero-order valence-corrected chi connectivity index (χ0v) is 11.9. The molecule has 0 heterocycles. The van der Waals surface area contributed by atoms with Crippen LogP contribution in [0.4, 0.5) is 0 Å². The van der Waals surface area contributed by atoms with Crippen LogP contribution in [0.15, 0.2) is 30.3 Å². The molecule has 0 aromatic heterocycles. The van der Waals surface area contributed by atoms with E-state index >= 15 is 0 Å². The van der Waals surface area contributed by atoms with Gasteiger partial charge in [-0.2, -0.15) is 0 Å². The summed E-state index contributed by atoms with van der Waals surface area (Å²) in [4.78, 5) is 25.0. The van der Waals surface area contributed by atoms with Crippen molar-refractivity contribution in [3.63, 3.8) is 0 Å². The van der Waals surface area contributed by atoms with Gasteiger partial charge < -0.3 is 9.64 Å². The molecule has 104 valence electrons. The SMILES string of the molecule is CCCN(CC(=O)OC)C(=O)C(Cl)c1ccccc1. The van der Waals surface area contributed by atoms with Crippen LogP contribution in [0, 0.1) is 0 Å². The number of halogens is 1. The molecule has 0 aliphatic heterocycles. The molecule has 5 heteroatoms. The number of ether oxygens (including phenoxy) is 1. The normalized spacial score (nSPS) is 11.7. The van der Waals surface area contributed by atoms with E-state index in [0.717, 1.165) is 12.0 Å². The van der Waals surface area contributed by atoms with Gasteiger partial charge in [0, 0.05) is 6.54 Å². The van der Waals surface area contributed by atoms with Crippen molar-refractivity contribution in [1.29, 1.82) is 0 Å². The van der Waals surface area contributed by atoms with Crippen LogP contribution in [0.25, 0.3) is 0 Å². The fourth-order valence-electron chi connectivity index (χ4n) is 1.68. The number of carbonyl (C=O) groups is 2. The highest BCUT2D eigenvalue weighted by molar-refractivity contribution is 6.30. The summed E-state index contributed by atoms with van der Waals surface area (Å²) in [5, 5.41) is -0.780. The maximum absolute atomic E-state index is 12.3. The lowest BCUT2D eigenvalue weighted by Gasteiger charge is -2.23. The number of hydrogen-bond donors (Lipinski definition) is 0. The van der Waals surface area contributed by atoms with Gasteiger partial charge in [-0.05, 0) is 12.0 Å². The minimum Gasteiger partial charge on any atom is -0.468 e. The Morgan fingerprint density at radius 3 is 2.47 bits per heavy atom. The first-order chi connectivity index (χ1) is 9.10. The van der Waals surface area contributed by atoms with E-state index in [1.165, 1.54) is 12.0 Å². The minimum absolute atomic E-state index is 0.0702. The van der Waals surface area contributed by atoms with E-state index in [2.05, 4.69) is 4.74 Å². The lowest BCUT2D eigenvalue weighted by Crippen LogP contribution is -2.38. The zero-order chi connectivity index (χ0) is 14.3. The molecule has 4 nitrogen and oxygen atoms in total. The molecule has 1 rings (SSSR count). The molecule has 0 radical (unpaired) electrons. The van der Waals surface area contributed by atoms with Gasteiger partial charge in [-0.3, -0.25) is 9.59 Å². The molecular formula is C14H18ClNO3. The summed E-state index contributed by atoms with van der Waals surface area (Å²) in [6.07, 6.45) is 0.751. The smallest absolute Gasteiger partial charge is 0.325 e. The fourth-order valence-corrected chi connectivity index (χ4v) is 1.97. The first-order valence-electron chi connectivity index (χ1n) is 6.14. The number of esters is 1. The Morgan fingerprint density at radius 2 is 1.95 bits per heavy atom. The van der Waals surface area contributed by atoms with Crippen LogP contribution in [0.2, 0.25) is 0 Å². The summed E-state index contributed by atoms with van der Waals surface area (Å²) in [5.41, 5.74) is 0.722. The Balaban J connectivity index is 2.78. The molecule has 1 aromatic rings. The average Bonchev–Trinajstić information content (AvgIpc) is 2.46. The first-order valence-corrected chi connectivity index (χ1v) is 6.58. The van der Waals surface area contributed by atoms with Gasteiger partial charge in [0.25, 0.3) is 0 Å². The third-order valence-electron chi connectivity index (χ3n) is 2.66. The van der Waals surface area contributed by atoms with Crippen molar-refractivity contribution in [1.82, 2.24) is 4.90 Å². The monoisotopic (exact) mass is 283 g/mol. The molecule has 0 aliphatic rings. The summed E-state index contributed by atoms with van der Waals surface area (Å²) >= 11 is 6.17. The van der Waals surface area contributed by atoms with E-state index in [1.807, 2.05) is 25.1 Å². The Kier molecular flexibility index (Phi) is 6.36. The Hall–Kier alpha value is -1.55. The molecule has 0 bridgehead atoms. The van der Waals surface area contributed by atoms with Gasteiger partial charge in [0.05, 0.1) is 7.11 Å². The van der Waals surface area contributed by atoms with Gasteiger partial charge in [0.2, 0.25) is 5.91 Å². The fraction of sp³-hybridized carbons (Fsp3) is 0.429. The lowest BCUT2D eigenvalue weighted by molar-refractivity contribution is -0.146. The van der Waals surface area contributed by atoms with Crippen LogP contribution in [0.1, 0.15) is 24.3 Å². The molecule has 0 aliphatic carbocycles. The molecule has 1 aromatic carbocycles. The van der Waals surface area contributed by atoms with Crippen LogP contribution in [-0.4, -0.2) is 37.0 Å². The minimum atomic E-state index is -0.780. The van der Waals surface area contributed by atoms with Gasteiger partial charge in [0.1, 0.15) is 11.9 Å². The second kappa shape index (κ2) is 7.79. The zero-order valence-electron chi connectivity index (χ0n) is 11.1. The molecule has 19 heavy (non-hydrogen) atoms. The molecule has 0 saturated heterocycles. The van der Waals surface area contributed by atoms with Crippen molar-refractivity contribution in [3.05, 3.63) is 35.9 Å². The summed E-state index contributed by atoms with van der Waals surface area (Å²) in [7, 11) is 1.30. The molecule has 1 unspecified atom stereocenters.